The maximum Gasteiger partial charge on any atom is 0.353 e. The second-order valence-electron chi connectivity index (χ2n) is 9.92. The second-order valence-corrected chi connectivity index (χ2v) is 11.3. The zero-order valence-corrected chi connectivity index (χ0v) is 22.4. The molecule has 202 valence electrons. The minimum Gasteiger partial charge on any atom is -0.477 e. The molecule has 2 fully saturated rings. The van der Waals surface area contributed by atoms with Crippen molar-refractivity contribution >= 4 is 35.5 Å². The summed E-state index contributed by atoms with van der Waals surface area (Å²) in [6, 6.07) is -1.15. The van der Waals surface area contributed by atoms with Crippen LogP contribution in [0.5, 0.6) is 0 Å². The van der Waals surface area contributed by atoms with Gasteiger partial charge >= 0.3 is 5.97 Å². The molecule has 0 saturated carbocycles. The maximum atomic E-state index is 13.2. The lowest BCUT2D eigenvalue weighted by molar-refractivity contribution is -0.158. The Bertz CT molecular complexity index is 1120. The van der Waals surface area contributed by atoms with Crippen molar-refractivity contribution in [2.45, 2.75) is 56.7 Å². The molecule has 3 amide bonds. The number of hydrogen-bond donors (Lipinski definition) is 4. The van der Waals surface area contributed by atoms with Crippen LogP contribution in [0, 0.1) is 11.8 Å². The molecule has 3 aliphatic heterocycles. The number of aromatic nitrogens is 3. The Morgan fingerprint density at radius 1 is 1.35 bits per heavy atom. The summed E-state index contributed by atoms with van der Waals surface area (Å²) in [6.45, 7) is 4.69. The van der Waals surface area contributed by atoms with E-state index in [1.807, 2.05) is 6.92 Å². The largest absolute Gasteiger partial charge is 0.477 e. The standard InChI is InChI=1S/C23H34N8O5S/c1-11-18-17(12(2)28-16(32)9-30-15(8-24-3)26-10-27-30)22(34)31(18)19(23(35)36)20(11)37-13-6-14(25-7-13)21(33)29(4)5/h10-14,17-18,24-25H,6-9H2,1-5H3,(H,28,32)(H,35,36)/t11-,12-,13+,14+,17-,18-/m1/s1. The number of nitrogens with zero attached hydrogens (tertiary/aromatic N) is 5. The van der Waals surface area contributed by atoms with E-state index in [1.54, 1.807) is 33.0 Å². The van der Waals surface area contributed by atoms with Gasteiger partial charge in [-0.3, -0.25) is 14.4 Å². The normalized spacial score (nSPS) is 27.6. The van der Waals surface area contributed by atoms with E-state index in [4.69, 9.17) is 0 Å². The highest BCUT2D eigenvalue weighted by Gasteiger charge is 2.60. The fourth-order valence-corrected chi connectivity index (χ4v) is 6.89. The lowest BCUT2D eigenvalue weighted by Gasteiger charge is -2.47. The molecule has 2 saturated heterocycles. The number of carboxylic acid groups (broad SMARTS) is 1. The number of amides is 3. The van der Waals surface area contributed by atoms with E-state index >= 15 is 0 Å². The van der Waals surface area contributed by atoms with E-state index in [-0.39, 0.29) is 53.2 Å². The zero-order valence-electron chi connectivity index (χ0n) is 21.6. The van der Waals surface area contributed by atoms with Gasteiger partial charge in [-0.1, -0.05) is 6.92 Å². The van der Waals surface area contributed by atoms with Gasteiger partial charge in [0.1, 0.15) is 24.4 Å². The van der Waals surface area contributed by atoms with Crippen LogP contribution in [0.3, 0.4) is 0 Å². The first-order valence-corrected chi connectivity index (χ1v) is 13.1. The minimum absolute atomic E-state index is 0.0115. The number of nitrogens with one attached hydrogen (secondary N) is 3. The highest BCUT2D eigenvalue weighted by Crippen LogP contribution is 2.51. The predicted molar refractivity (Wildman–Crippen MR) is 135 cm³/mol. The van der Waals surface area contributed by atoms with Crippen molar-refractivity contribution in [2.75, 3.05) is 27.7 Å². The summed E-state index contributed by atoms with van der Waals surface area (Å²) in [4.78, 5) is 58.1. The van der Waals surface area contributed by atoms with Gasteiger partial charge in [-0.15, -0.1) is 11.8 Å². The lowest BCUT2D eigenvalue weighted by atomic mass is 9.78. The average Bonchev–Trinajstić information content (AvgIpc) is 3.52. The number of carbonyl (C=O) groups excluding carboxylic acids is 3. The smallest absolute Gasteiger partial charge is 0.353 e. The van der Waals surface area contributed by atoms with Crippen LogP contribution in [0.1, 0.15) is 26.1 Å². The van der Waals surface area contributed by atoms with Gasteiger partial charge in [-0.2, -0.15) is 5.10 Å². The van der Waals surface area contributed by atoms with Crippen LogP contribution in [-0.4, -0.2) is 104 Å². The van der Waals surface area contributed by atoms with Crippen molar-refractivity contribution in [1.29, 1.82) is 0 Å². The molecule has 37 heavy (non-hydrogen) atoms. The first-order valence-electron chi connectivity index (χ1n) is 12.3. The fraction of sp³-hybridized carbons (Fsp3) is 0.652. The van der Waals surface area contributed by atoms with Gasteiger partial charge in [-0.05, 0) is 20.4 Å². The second kappa shape index (κ2) is 10.8. The molecule has 4 heterocycles. The Hall–Kier alpha value is -2.97. The van der Waals surface area contributed by atoms with Crippen LogP contribution in [-0.2, 0) is 32.3 Å². The highest BCUT2D eigenvalue weighted by molar-refractivity contribution is 8.03. The molecule has 4 rings (SSSR count). The number of thioether (sulfide) groups is 1. The molecule has 0 radical (unpaired) electrons. The Balaban J connectivity index is 1.42. The van der Waals surface area contributed by atoms with Crippen LogP contribution in [0.15, 0.2) is 16.9 Å². The van der Waals surface area contributed by atoms with Gasteiger partial charge in [0.05, 0.1) is 24.5 Å². The van der Waals surface area contributed by atoms with Crippen LogP contribution < -0.4 is 16.0 Å². The molecule has 1 aromatic rings. The average molecular weight is 535 g/mol. The first-order chi connectivity index (χ1) is 17.5. The fourth-order valence-electron chi connectivity index (χ4n) is 5.41. The maximum absolute atomic E-state index is 13.2. The molecule has 14 heteroatoms. The topological polar surface area (TPSA) is 162 Å². The Kier molecular flexibility index (Phi) is 7.90. The third kappa shape index (κ3) is 5.09. The molecule has 0 aliphatic carbocycles. The molecule has 0 unspecified atom stereocenters. The molecule has 0 bridgehead atoms. The first kappa shape index (κ1) is 27.1. The summed E-state index contributed by atoms with van der Waals surface area (Å²) in [5.41, 5.74) is 0.0176. The summed E-state index contributed by atoms with van der Waals surface area (Å²) in [6.07, 6.45) is 1.96. The van der Waals surface area contributed by atoms with Crippen LogP contribution in [0.2, 0.25) is 0 Å². The van der Waals surface area contributed by atoms with Crippen molar-refractivity contribution < 1.29 is 24.3 Å². The number of carboxylic acids is 1. The van der Waals surface area contributed by atoms with Gasteiger partial charge in [0.25, 0.3) is 0 Å². The molecule has 6 atom stereocenters. The van der Waals surface area contributed by atoms with Crippen LogP contribution in [0.25, 0.3) is 0 Å². The summed E-state index contributed by atoms with van der Waals surface area (Å²) in [5.74, 6) is -1.89. The monoisotopic (exact) mass is 534 g/mol. The lowest BCUT2D eigenvalue weighted by Crippen LogP contribution is -2.66. The quantitative estimate of drug-likeness (QED) is 0.269. The number of carbonyl (C=O) groups is 4. The molecular weight excluding hydrogens is 500 g/mol. The third-order valence-corrected chi connectivity index (χ3v) is 8.68. The predicted octanol–water partition coefficient (Wildman–Crippen LogP) is -1.17. The Morgan fingerprint density at radius 2 is 2.08 bits per heavy atom. The molecule has 0 spiro atoms. The van der Waals surface area contributed by atoms with E-state index in [9.17, 15) is 24.3 Å². The van der Waals surface area contributed by atoms with E-state index in [2.05, 4.69) is 26.0 Å². The number of rotatable bonds is 10. The van der Waals surface area contributed by atoms with Crippen molar-refractivity contribution in [3.8, 4) is 0 Å². The molecule has 13 nitrogen and oxygen atoms in total. The Labute approximate surface area is 219 Å². The number of aliphatic carboxylic acids is 1. The SMILES string of the molecule is CNCc1ncnn1CC(=O)N[C@H](C)[C@H]1C(=O)N2C(C(=O)O)=C(S[C@@H]3CN[C@H](C(=O)N(C)C)C3)[C@H](C)[C@H]12. The number of likely N-dealkylation sites (N-methyl/N-ethyl adjacent to an activating group) is 1. The molecule has 3 aliphatic rings. The van der Waals surface area contributed by atoms with Crippen molar-refractivity contribution in [1.82, 2.24) is 40.5 Å². The molecule has 4 N–H and O–H groups in total. The van der Waals surface area contributed by atoms with Gasteiger partial charge in [-0.25, -0.2) is 14.5 Å². The number of fused-ring (bicyclic) bond motifs is 1. The molecular formula is C23H34N8O5S. The van der Waals surface area contributed by atoms with E-state index < -0.39 is 17.9 Å². The van der Waals surface area contributed by atoms with E-state index in [0.717, 1.165) is 0 Å². The minimum atomic E-state index is -1.14. The van der Waals surface area contributed by atoms with Crippen LogP contribution in [0.4, 0.5) is 0 Å². The highest BCUT2D eigenvalue weighted by atomic mass is 32.2. The van der Waals surface area contributed by atoms with Crippen molar-refractivity contribution in [3.05, 3.63) is 22.8 Å². The third-order valence-electron chi connectivity index (χ3n) is 7.17. The summed E-state index contributed by atoms with van der Waals surface area (Å²) >= 11 is 1.44. The van der Waals surface area contributed by atoms with Crippen molar-refractivity contribution in [2.24, 2.45) is 11.8 Å². The number of β-lactam (4-membered cyclic amide) rings is 1. The molecule has 1 aromatic heterocycles. The van der Waals surface area contributed by atoms with Crippen molar-refractivity contribution in [3.63, 3.8) is 0 Å². The van der Waals surface area contributed by atoms with E-state index in [0.29, 0.717) is 30.2 Å². The molecule has 0 aromatic carbocycles. The Morgan fingerprint density at radius 3 is 2.73 bits per heavy atom. The summed E-state index contributed by atoms with van der Waals surface area (Å²) in [5, 5.41) is 23.2. The van der Waals surface area contributed by atoms with Gasteiger partial charge in [0.15, 0.2) is 0 Å². The van der Waals surface area contributed by atoms with Crippen LogP contribution >= 0.6 is 11.8 Å². The zero-order chi connectivity index (χ0) is 27.0. The van der Waals surface area contributed by atoms with Gasteiger partial charge in [0, 0.05) is 42.8 Å². The van der Waals surface area contributed by atoms with Gasteiger partial charge in [0.2, 0.25) is 17.7 Å². The van der Waals surface area contributed by atoms with E-state index in [1.165, 1.54) is 27.7 Å². The summed E-state index contributed by atoms with van der Waals surface area (Å²) < 4.78 is 1.49. The van der Waals surface area contributed by atoms with Gasteiger partial charge < -0.3 is 30.9 Å². The summed E-state index contributed by atoms with van der Waals surface area (Å²) in [7, 11) is 5.19. The number of hydrogen-bond acceptors (Lipinski definition) is 9.